The lowest BCUT2D eigenvalue weighted by atomic mass is 9.99. The Kier molecular flexibility index (Phi) is 8.53. The minimum Gasteiger partial charge on any atom is -0.379 e. The largest absolute Gasteiger partial charge is 0.379 e. The van der Waals surface area contributed by atoms with Gasteiger partial charge in [-0.1, -0.05) is 12.1 Å². The fraction of sp³-hybridized carbons (Fsp3) is 0.448. The van der Waals surface area contributed by atoms with Gasteiger partial charge >= 0.3 is 0 Å². The highest BCUT2D eigenvalue weighted by Crippen LogP contribution is 2.24. The summed E-state index contributed by atoms with van der Waals surface area (Å²) in [5, 5.41) is 11.0. The van der Waals surface area contributed by atoms with Crippen molar-refractivity contribution in [3.8, 4) is 0 Å². The van der Waals surface area contributed by atoms with E-state index in [1.54, 1.807) is 29.3 Å². The van der Waals surface area contributed by atoms with Gasteiger partial charge in [0.05, 0.1) is 24.2 Å². The summed E-state index contributed by atoms with van der Waals surface area (Å²) >= 11 is 0. The molecule has 0 aliphatic carbocycles. The number of aromatic nitrogens is 2. The number of rotatable bonds is 8. The number of fused-ring (bicyclic) bond motifs is 1. The maximum atomic E-state index is 13.8. The molecule has 0 radical (unpaired) electrons. The molecule has 3 aromatic rings. The van der Waals surface area contributed by atoms with Crippen LogP contribution >= 0.6 is 0 Å². The quantitative estimate of drug-likeness (QED) is 0.433. The summed E-state index contributed by atoms with van der Waals surface area (Å²) in [6, 6.07) is 7.87. The minimum atomic E-state index is -0.990. The Bertz CT molecular complexity index is 1450. The van der Waals surface area contributed by atoms with Gasteiger partial charge in [-0.25, -0.2) is 4.39 Å². The van der Waals surface area contributed by atoms with Crippen molar-refractivity contribution in [1.29, 1.82) is 0 Å². The Balaban J connectivity index is 1.61. The van der Waals surface area contributed by atoms with Crippen LogP contribution in [0.2, 0.25) is 0 Å². The number of pyridine rings is 2. The topological polar surface area (TPSA) is 131 Å². The van der Waals surface area contributed by atoms with E-state index in [0.29, 0.717) is 56.8 Å². The Morgan fingerprint density at radius 2 is 1.75 bits per heavy atom. The number of carbonyl (C=O) groups is 2. The molecule has 0 bridgehead atoms. The van der Waals surface area contributed by atoms with E-state index < -0.39 is 17.7 Å². The van der Waals surface area contributed by atoms with Crippen LogP contribution in [0.1, 0.15) is 46.3 Å². The average Bonchev–Trinajstić information content (AvgIpc) is 2.97. The molecule has 40 heavy (non-hydrogen) atoms. The van der Waals surface area contributed by atoms with Gasteiger partial charge in [0.25, 0.3) is 11.5 Å². The van der Waals surface area contributed by atoms with Crippen LogP contribution in [0, 0.1) is 5.82 Å². The third-order valence-corrected chi connectivity index (χ3v) is 7.69. The first-order valence-electron chi connectivity index (χ1n) is 13.7. The molecule has 0 saturated carbocycles. The second-order valence-electron chi connectivity index (χ2n) is 10.4. The van der Waals surface area contributed by atoms with E-state index in [9.17, 15) is 23.9 Å². The molecule has 2 aliphatic heterocycles. The van der Waals surface area contributed by atoms with Crippen molar-refractivity contribution in [3.63, 3.8) is 0 Å². The van der Waals surface area contributed by atoms with Gasteiger partial charge in [-0.3, -0.25) is 28.8 Å². The number of carbonyl (C=O) groups excluding carboxylic acids is 2. The fourth-order valence-corrected chi connectivity index (χ4v) is 5.54. The fourth-order valence-electron chi connectivity index (χ4n) is 5.54. The maximum absolute atomic E-state index is 13.8. The summed E-state index contributed by atoms with van der Waals surface area (Å²) in [6.07, 6.45) is 3.86. The molecule has 1 atom stereocenters. The molecule has 5 rings (SSSR count). The maximum Gasteiger partial charge on any atom is 0.264 e. The number of primary amides is 1. The number of likely N-dealkylation sites (tertiary alicyclic amines) is 1. The summed E-state index contributed by atoms with van der Waals surface area (Å²) in [4.78, 5) is 47.9. The summed E-state index contributed by atoms with van der Waals surface area (Å²) in [5.41, 5.74) is 7.31. The lowest BCUT2D eigenvalue weighted by molar-refractivity contribution is -0.132. The number of halogens is 1. The number of amides is 2. The number of nitrogens with two attached hydrogens (primary N) is 1. The first-order chi connectivity index (χ1) is 19.3. The van der Waals surface area contributed by atoms with Crippen molar-refractivity contribution in [2.75, 3.05) is 39.4 Å². The number of hydrogen-bond acceptors (Lipinski definition) is 7. The summed E-state index contributed by atoms with van der Waals surface area (Å²) in [5.74, 6) is -1.50. The van der Waals surface area contributed by atoms with Gasteiger partial charge < -0.3 is 20.5 Å². The van der Waals surface area contributed by atoms with Gasteiger partial charge in [0.15, 0.2) is 0 Å². The first-order valence-corrected chi connectivity index (χ1v) is 13.7. The molecule has 11 heteroatoms. The van der Waals surface area contributed by atoms with E-state index in [1.807, 2.05) is 4.90 Å². The molecule has 2 aliphatic rings. The van der Waals surface area contributed by atoms with Crippen LogP contribution in [-0.2, 0) is 28.9 Å². The van der Waals surface area contributed by atoms with Gasteiger partial charge in [0, 0.05) is 44.4 Å². The molecule has 10 nitrogen and oxygen atoms in total. The molecule has 2 amide bonds. The molecule has 2 fully saturated rings. The Morgan fingerprint density at radius 1 is 1.05 bits per heavy atom. The van der Waals surface area contributed by atoms with E-state index >= 15 is 0 Å². The molecule has 2 aromatic heterocycles. The zero-order valence-corrected chi connectivity index (χ0v) is 22.4. The SMILES string of the molecule is NC(=O)c1c(CC(O)N2CCOCC2)c2ncc(Cc3ccc(F)cc3)cc2n(CC(=O)N2CCCCC2)c1=O. The predicted octanol–water partition coefficient (Wildman–Crippen LogP) is 1.43. The number of piperidine rings is 1. The predicted molar refractivity (Wildman–Crippen MR) is 146 cm³/mol. The zero-order valence-electron chi connectivity index (χ0n) is 22.4. The molecule has 1 unspecified atom stereocenters. The molecule has 212 valence electrons. The zero-order chi connectivity index (χ0) is 28.2. The van der Waals surface area contributed by atoms with Gasteiger partial charge in [-0.2, -0.15) is 0 Å². The van der Waals surface area contributed by atoms with Gasteiger partial charge in [-0.05, 0) is 55.0 Å². The molecule has 4 heterocycles. The number of ether oxygens (including phenoxy) is 1. The van der Waals surface area contributed by atoms with Crippen LogP contribution < -0.4 is 11.3 Å². The molecule has 1 aromatic carbocycles. The van der Waals surface area contributed by atoms with Crippen LogP contribution in [0.4, 0.5) is 4.39 Å². The Morgan fingerprint density at radius 3 is 2.42 bits per heavy atom. The smallest absolute Gasteiger partial charge is 0.264 e. The lowest BCUT2D eigenvalue weighted by Crippen LogP contribution is -2.45. The normalized spacial score (nSPS) is 17.2. The summed E-state index contributed by atoms with van der Waals surface area (Å²) in [7, 11) is 0. The minimum absolute atomic E-state index is 0.0464. The number of aliphatic hydroxyl groups is 1. The number of morpholine rings is 1. The monoisotopic (exact) mass is 551 g/mol. The summed E-state index contributed by atoms with van der Waals surface area (Å²) < 4.78 is 20.1. The van der Waals surface area contributed by atoms with Crippen LogP contribution in [0.3, 0.4) is 0 Å². The van der Waals surface area contributed by atoms with Crippen molar-refractivity contribution in [3.05, 3.63) is 75.0 Å². The van der Waals surface area contributed by atoms with Crippen LogP contribution in [-0.4, -0.2) is 81.9 Å². The highest BCUT2D eigenvalue weighted by Gasteiger charge is 2.28. The lowest BCUT2D eigenvalue weighted by Gasteiger charge is -2.31. The average molecular weight is 552 g/mol. The Hall–Kier alpha value is -3.67. The van der Waals surface area contributed by atoms with Crippen molar-refractivity contribution in [1.82, 2.24) is 19.4 Å². The third kappa shape index (κ3) is 6.06. The standard InChI is InChI=1S/C29H34FN5O5/c30-21-6-4-19(5-7-21)14-20-15-23-27(32-17-20)22(16-24(36)34-10-12-40-13-11-34)26(28(31)38)29(39)35(23)18-25(37)33-8-2-1-3-9-33/h4-7,15,17,24,36H,1-3,8-14,16,18H2,(H2,31,38). The van der Waals surface area contributed by atoms with E-state index in [1.165, 1.54) is 16.7 Å². The van der Waals surface area contributed by atoms with Gasteiger partial charge in [0.2, 0.25) is 5.91 Å². The molecular weight excluding hydrogens is 517 g/mol. The first kappa shape index (κ1) is 27.9. The highest BCUT2D eigenvalue weighted by molar-refractivity contribution is 5.98. The Labute approximate surface area is 231 Å². The number of aliphatic hydroxyl groups excluding tert-OH is 1. The van der Waals surface area contributed by atoms with Crippen molar-refractivity contribution >= 4 is 22.8 Å². The molecule has 3 N–H and O–H groups in total. The van der Waals surface area contributed by atoms with Crippen molar-refractivity contribution < 1.29 is 23.8 Å². The molecule has 2 saturated heterocycles. The molecular formula is C29H34FN5O5. The van der Waals surface area contributed by atoms with Gasteiger partial charge in [-0.15, -0.1) is 0 Å². The number of hydrogen-bond donors (Lipinski definition) is 2. The third-order valence-electron chi connectivity index (χ3n) is 7.69. The number of nitrogens with zero attached hydrogens (tertiary/aromatic N) is 4. The van der Waals surface area contributed by atoms with Crippen molar-refractivity contribution in [2.24, 2.45) is 5.73 Å². The van der Waals surface area contributed by atoms with Crippen LogP contribution in [0.15, 0.2) is 41.3 Å². The van der Waals surface area contributed by atoms with Gasteiger partial charge in [0.1, 0.15) is 24.2 Å². The summed E-state index contributed by atoms with van der Waals surface area (Å²) in [6.45, 7) is 2.91. The van der Waals surface area contributed by atoms with Crippen LogP contribution in [0.25, 0.3) is 11.0 Å². The highest BCUT2D eigenvalue weighted by atomic mass is 19.1. The van der Waals surface area contributed by atoms with E-state index in [0.717, 1.165) is 30.4 Å². The van der Waals surface area contributed by atoms with E-state index in [-0.39, 0.29) is 35.8 Å². The molecule has 0 spiro atoms. The van der Waals surface area contributed by atoms with Crippen molar-refractivity contribution in [2.45, 2.75) is 44.9 Å². The second-order valence-corrected chi connectivity index (χ2v) is 10.4. The van der Waals surface area contributed by atoms with Crippen LogP contribution in [0.5, 0.6) is 0 Å². The second kappa shape index (κ2) is 12.2. The van der Waals surface area contributed by atoms with E-state index in [2.05, 4.69) is 4.98 Å². The van der Waals surface area contributed by atoms with E-state index in [4.69, 9.17) is 10.5 Å². The number of benzene rings is 1.